The number of nitrogens with zero attached hydrogens (tertiary/aromatic N) is 3. The van der Waals surface area contributed by atoms with Crippen molar-refractivity contribution in [2.24, 2.45) is 4.99 Å². The summed E-state index contributed by atoms with van der Waals surface area (Å²) in [4.78, 5) is 31.0. The molecule has 0 amide bonds. The predicted molar refractivity (Wildman–Crippen MR) is 156 cm³/mol. The number of thiazole rings is 1. The van der Waals surface area contributed by atoms with E-state index in [1.54, 1.807) is 23.8 Å². The van der Waals surface area contributed by atoms with Gasteiger partial charge in [-0.25, -0.2) is 4.99 Å². The molecule has 2 aliphatic rings. The van der Waals surface area contributed by atoms with Gasteiger partial charge < -0.3 is 4.74 Å². The highest BCUT2D eigenvalue weighted by atomic mass is 32.1. The number of rotatable bonds is 4. The number of allylic oxidation sites excluding steroid dienone is 1. The van der Waals surface area contributed by atoms with Gasteiger partial charge in [0.1, 0.15) is 5.75 Å². The van der Waals surface area contributed by atoms with Crippen molar-refractivity contribution in [1.82, 2.24) is 4.57 Å². The summed E-state index contributed by atoms with van der Waals surface area (Å²) in [5.74, 6) is 0.674. The van der Waals surface area contributed by atoms with Crippen LogP contribution in [0.25, 0.3) is 22.5 Å². The molecule has 0 radical (unpaired) electrons. The van der Waals surface area contributed by atoms with Gasteiger partial charge in [0, 0.05) is 23.3 Å². The molecule has 0 saturated heterocycles. The highest BCUT2D eigenvalue weighted by Gasteiger charge is 2.33. The zero-order valence-corrected chi connectivity index (χ0v) is 22.4. The van der Waals surface area contributed by atoms with Gasteiger partial charge in [0.2, 0.25) is 0 Å². The van der Waals surface area contributed by atoms with Gasteiger partial charge in [0.25, 0.3) is 11.2 Å². The SMILES string of the molecule is COc1ccc2ccccc2c1/C=c1\sc2n(c1=O)[C@H](c1cccc([N+](=O)[O-])c1)C1=C(N=2)c2ccccc2CC1. The summed E-state index contributed by atoms with van der Waals surface area (Å²) in [6.07, 6.45) is 3.41. The first-order valence-corrected chi connectivity index (χ1v) is 13.8. The molecule has 1 aliphatic heterocycles. The van der Waals surface area contributed by atoms with E-state index < -0.39 is 11.0 Å². The number of aromatic nitrogens is 1. The average molecular weight is 546 g/mol. The maximum atomic E-state index is 14.2. The van der Waals surface area contributed by atoms with Crippen LogP contribution >= 0.6 is 11.3 Å². The van der Waals surface area contributed by atoms with E-state index in [2.05, 4.69) is 12.1 Å². The lowest BCUT2D eigenvalue weighted by Gasteiger charge is -2.30. The Morgan fingerprint density at radius 1 is 1.02 bits per heavy atom. The van der Waals surface area contributed by atoms with E-state index in [9.17, 15) is 14.9 Å². The molecule has 0 spiro atoms. The Bertz CT molecular complexity index is 2070. The lowest BCUT2D eigenvalue weighted by molar-refractivity contribution is -0.384. The largest absolute Gasteiger partial charge is 0.496 e. The van der Waals surface area contributed by atoms with Crippen LogP contribution in [0.1, 0.15) is 34.7 Å². The predicted octanol–water partition coefficient (Wildman–Crippen LogP) is 5.39. The summed E-state index contributed by atoms with van der Waals surface area (Å²) in [6.45, 7) is 0. The second-order valence-corrected chi connectivity index (χ2v) is 10.9. The fourth-order valence-electron chi connectivity index (χ4n) is 5.86. The third-order valence-corrected chi connectivity index (χ3v) is 8.68. The number of benzene rings is 4. The van der Waals surface area contributed by atoms with E-state index >= 15 is 0 Å². The molecule has 1 aliphatic carbocycles. The van der Waals surface area contributed by atoms with Gasteiger partial charge in [-0.2, -0.15) is 0 Å². The van der Waals surface area contributed by atoms with E-state index in [0.29, 0.717) is 27.1 Å². The van der Waals surface area contributed by atoms with Crippen molar-refractivity contribution in [3.8, 4) is 5.75 Å². The molecule has 40 heavy (non-hydrogen) atoms. The van der Waals surface area contributed by atoms with E-state index in [4.69, 9.17) is 9.73 Å². The quantitative estimate of drug-likeness (QED) is 0.224. The van der Waals surface area contributed by atoms with Crippen LogP contribution in [0, 0.1) is 10.1 Å². The van der Waals surface area contributed by atoms with Gasteiger partial charge in [-0.3, -0.25) is 19.5 Å². The van der Waals surface area contributed by atoms with Gasteiger partial charge in [-0.15, -0.1) is 0 Å². The summed E-state index contributed by atoms with van der Waals surface area (Å²) in [5, 5.41) is 13.7. The standard InChI is InChI=1S/C32H23N3O4S/c1-39-27-16-14-19-7-2-4-11-23(19)26(27)18-28-31(36)34-30(21-9-6-10-22(17-21)35(37)38)25-15-13-20-8-3-5-12-24(20)29(25)33-32(34)40-28/h2-12,14,16-18,30H,13,15H2,1H3/b28-18-/t30-/m1/s1. The molecule has 5 aromatic rings. The number of nitro benzene ring substituents is 1. The van der Waals surface area contributed by atoms with Crippen LogP contribution in [0.2, 0.25) is 0 Å². The minimum Gasteiger partial charge on any atom is -0.496 e. The Kier molecular flexibility index (Phi) is 5.71. The number of hydrogen-bond acceptors (Lipinski definition) is 6. The highest BCUT2D eigenvalue weighted by Crippen LogP contribution is 2.41. The molecule has 0 N–H and O–H groups in total. The number of nitro groups is 1. The minimum atomic E-state index is -0.490. The van der Waals surface area contributed by atoms with Crippen molar-refractivity contribution >= 4 is 39.6 Å². The molecule has 196 valence electrons. The van der Waals surface area contributed by atoms with Crippen LogP contribution in [-0.4, -0.2) is 16.6 Å². The second-order valence-electron chi connectivity index (χ2n) is 9.87. The van der Waals surface area contributed by atoms with Crippen molar-refractivity contribution in [2.75, 3.05) is 7.11 Å². The van der Waals surface area contributed by atoms with Crippen molar-refractivity contribution in [1.29, 1.82) is 0 Å². The summed E-state index contributed by atoms with van der Waals surface area (Å²) < 4.78 is 7.91. The van der Waals surface area contributed by atoms with E-state index in [0.717, 1.165) is 39.6 Å². The lowest BCUT2D eigenvalue weighted by atomic mass is 9.83. The number of aryl methyl sites for hydroxylation is 1. The first-order chi connectivity index (χ1) is 19.5. The molecule has 0 bridgehead atoms. The molecule has 1 atom stereocenters. The molecule has 4 aromatic carbocycles. The molecule has 0 saturated carbocycles. The Labute approximate surface area is 232 Å². The van der Waals surface area contributed by atoms with E-state index in [-0.39, 0.29) is 11.2 Å². The summed E-state index contributed by atoms with van der Waals surface area (Å²) >= 11 is 1.33. The Morgan fingerprint density at radius 3 is 2.70 bits per heavy atom. The van der Waals surface area contributed by atoms with Crippen LogP contribution in [0.5, 0.6) is 5.75 Å². The number of fused-ring (bicyclic) bond motifs is 4. The second kappa shape index (κ2) is 9.43. The molecule has 1 aromatic heterocycles. The Morgan fingerprint density at radius 2 is 1.85 bits per heavy atom. The van der Waals surface area contributed by atoms with Crippen molar-refractivity contribution in [3.05, 3.63) is 143 Å². The Balaban J connectivity index is 1.52. The van der Waals surface area contributed by atoms with Crippen molar-refractivity contribution < 1.29 is 9.66 Å². The zero-order valence-electron chi connectivity index (χ0n) is 21.5. The van der Waals surface area contributed by atoms with Crippen molar-refractivity contribution in [2.45, 2.75) is 18.9 Å². The van der Waals surface area contributed by atoms with Gasteiger partial charge >= 0.3 is 0 Å². The van der Waals surface area contributed by atoms with Crippen LogP contribution in [0.15, 0.2) is 100 Å². The summed E-state index contributed by atoms with van der Waals surface area (Å²) in [7, 11) is 1.62. The van der Waals surface area contributed by atoms with Gasteiger partial charge in [-0.1, -0.05) is 78.1 Å². The normalized spacial score (nSPS) is 16.2. The minimum absolute atomic E-state index is 0.00419. The Hall–Kier alpha value is -4.82. The fourth-order valence-corrected chi connectivity index (χ4v) is 6.85. The van der Waals surface area contributed by atoms with Crippen LogP contribution in [-0.2, 0) is 6.42 Å². The number of hydrogen-bond donors (Lipinski definition) is 0. The number of non-ortho nitro benzene ring substituents is 1. The van der Waals surface area contributed by atoms with E-state index in [1.165, 1.54) is 23.0 Å². The summed E-state index contributed by atoms with van der Waals surface area (Å²) in [5.41, 5.74) is 5.46. The van der Waals surface area contributed by atoms with Gasteiger partial charge in [0.05, 0.1) is 28.3 Å². The molecule has 8 heteroatoms. The maximum Gasteiger partial charge on any atom is 0.271 e. The molecule has 7 rings (SSSR count). The smallest absolute Gasteiger partial charge is 0.271 e. The molecule has 2 heterocycles. The number of ether oxygens (including phenoxy) is 1. The topological polar surface area (TPSA) is 86.7 Å². The van der Waals surface area contributed by atoms with Gasteiger partial charge in [-0.05, 0) is 52.5 Å². The molecular formula is C32H23N3O4S. The highest BCUT2D eigenvalue weighted by molar-refractivity contribution is 7.07. The first-order valence-electron chi connectivity index (χ1n) is 13.0. The third-order valence-electron chi connectivity index (χ3n) is 7.70. The fraction of sp³-hybridized carbons (Fsp3) is 0.125. The van der Waals surface area contributed by atoms with Crippen LogP contribution in [0.4, 0.5) is 5.69 Å². The molecule has 0 fully saturated rings. The maximum absolute atomic E-state index is 14.2. The molecule has 0 unspecified atom stereocenters. The van der Waals surface area contributed by atoms with Gasteiger partial charge in [0.15, 0.2) is 4.80 Å². The van der Waals surface area contributed by atoms with Crippen LogP contribution in [0.3, 0.4) is 0 Å². The zero-order chi connectivity index (χ0) is 27.4. The van der Waals surface area contributed by atoms with Crippen LogP contribution < -0.4 is 19.6 Å². The van der Waals surface area contributed by atoms with Crippen molar-refractivity contribution in [3.63, 3.8) is 0 Å². The first kappa shape index (κ1) is 24.2. The third kappa shape index (κ3) is 3.79. The molecule has 7 nitrogen and oxygen atoms in total. The summed E-state index contributed by atoms with van der Waals surface area (Å²) in [6, 6.07) is 26.2. The average Bonchev–Trinajstić information content (AvgIpc) is 3.30. The monoisotopic (exact) mass is 545 g/mol. The number of methoxy groups -OCH3 is 1. The lowest BCUT2D eigenvalue weighted by Crippen LogP contribution is -2.38. The van der Waals surface area contributed by atoms with E-state index in [1.807, 2.05) is 60.7 Å². The molecular weight excluding hydrogens is 522 g/mol.